The minimum Gasteiger partial charge on any atom is -0.369 e. The van der Waals surface area contributed by atoms with Crippen LogP contribution in [0.5, 0.6) is 0 Å². The zero-order valence-electron chi connectivity index (χ0n) is 15.4. The number of carbonyl (C=O) groups excluding carboxylic acids is 1. The van der Waals surface area contributed by atoms with Crippen molar-refractivity contribution in [3.63, 3.8) is 0 Å². The predicted octanol–water partition coefficient (Wildman–Crippen LogP) is 3.70. The number of aromatic nitrogens is 2. The number of thiophene rings is 1. The number of nitrogens with zero attached hydrogens (tertiary/aromatic N) is 3. The second kappa shape index (κ2) is 6.15. The van der Waals surface area contributed by atoms with Crippen molar-refractivity contribution >= 4 is 27.5 Å². The lowest BCUT2D eigenvalue weighted by atomic mass is 10.1. The number of ether oxygens (including phenoxy) is 1. The van der Waals surface area contributed by atoms with Crippen molar-refractivity contribution in [1.29, 1.82) is 0 Å². The number of amides is 1. The van der Waals surface area contributed by atoms with Crippen LogP contribution in [0.25, 0.3) is 10.2 Å². The van der Waals surface area contributed by atoms with Crippen LogP contribution >= 0.6 is 11.3 Å². The van der Waals surface area contributed by atoms with E-state index < -0.39 is 0 Å². The van der Waals surface area contributed by atoms with E-state index in [1.165, 1.54) is 0 Å². The molecule has 24 heavy (non-hydrogen) atoms. The number of fused-ring (bicyclic) bond motifs is 1. The van der Waals surface area contributed by atoms with Crippen molar-refractivity contribution in [3.8, 4) is 0 Å². The fourth-order valence-corrected chi connectivity index (χ4v) is 4.59. The van der Waals surface area contributed by atoms with E-state index in [2.05, 4.69) is 18.9 Å². The van der Waals surface area contributed by atoms with Crippen molar-refractivity contribution < 1.29 is 9.53 Å². The van der Waals surface area contributed by atoms with Gasteiger partial charge in [-0.15, -0.1) is 11.3 Å². The zero-order chi connectivity index (χ0) is 17.6. The van der Waals surface area contributed by atoms with E-state index in [0.717, 1.165) is 27.3 Å². The van der Waals surface area contributed by atoms with Crippen molar-refractivity contribution in [1.82, 2.24) is 14.7 Å². The van der Waals surface area contributed by atoms with Gasteiger partial charge in [0, 0.05) is 25.0 Å². The average molecular weight is 350 g/mol. The van der Waals surface area contributed by atoms with Crippen LogP contribution < -0.4 is 0 Å². The van der Waals surface area contributed by atoms with Crippen molar-refractivity contribution in [2.75, 3.05) is 13.1 Å². The van der Waals surface area contributed by atoms with Crippen LogP contribution in [0, 0.1) is 12.8 Å². The zero-order valence-corrected chi connectivity index (χ0v) is 16.2. The molecule has 1 aliphatic heterocycles. The first-order valence-corrected chi connectivity index (χ1v) is 9.42. The fraction of sp³-hybridized carbons (Fsp3) is 0.667. The second-order valence-corrected chi connectivity index (χ2v) is 8.90. The third kappa shape index (κ3) is 3.35. The topological polar surface area (TPSA) is 47.4 Å². The molecule has 1 saturated heterocycles. The fourth-order valence-electron chi connectivity index (χ4n) is 3.45. The largest absolute Gasteiger partial charge is 0.369 e. The van der Waals surface area contributed by atoms with Gasteiger partial charge >= 0.3 is 0 Å². The normalized spacial score (nSPS) is 21.0. The summed E-state index contributed by atoms with van der Waals surface area (Å²) in [6.07, 6.45) is 0.0604. The number of carbonyl (C=O) groups is 1. The number of aryl methyl sites for hydroxylation is 1. The lowest BCUT2D eigenvalue weighted by molar-refractivity contribution is -0.118. The Morgan fingerprint density at radius 1 is 1.50 bits per heavy atom. The molecular weight excluding hydrogens is 322 g/mol. The minimum atomic E-state index is -0.297. The van der Waals surface area contributed by atoms with E-state index in [9.17, 15) is 4.79 Å². The van der Waals surface area contributed by atoms with Gasteiger partial charge in [0.05, 0.1) is 22.3 Å². The van der Waals surface area contributed by atoms with Gasteiger partial charge < -0.3 is 9.64 Å². The summed E-state index contributed by atoms with van der Waals surface area (Å²) in [5.41, 5.74) is 0.700. The molecule has 1 unspecified atom stereocenters. The summed E-state index contributed by atoms with van der Waals surface area (Å²) < 4.78 is 7.96. The smallest absolute Gasteiger partial charge is 0.264 e. The van der Waals surface area contributed by atoms with E-state index >= 15 is 0 Å². The maximum Gasteiger partial charge on any atom is 0.264 e. The second-order valence-electron chi connectivity index (χ2n) is 7.86. The summed E-state index contributed by atoms with van der Waals surface area (Å²) >= 11 is 1.56. The molecule has 2 aromatic heterocycles. The van der Waals surface area contributed by atoms with Crippen LogP contribution in [-0.2, 0) is 11.3 Å². The monoisotopic (exact) mass is 349 g/mol. The highest BCUT2D eigenvalue weighted by Gasteiger charge is 2.34. The molecule has 1 atom stereocenters. The van der Waals surface area contributed by atoms with Crippen molar-refractivity contribution in [2.24, 2.45) is 5.92 Å². The van der Waals surface area contributed by atoms with Gasteiger partial charge in [-0.3, -0.25) is 9.48 Å². The molecule has 5 nitrogen and oxygen atoms in total. The van der Waals surface area contributed by atoms with Gasteiger partial charge in [-0.25, -0.2) is 0 Å². The van der Waals surface area contributed by atoms with Crippen LogP contribution in [0.15, 0.2) is 6.07 Å². The highest BCUT2D eigenvalue weighted by atomic mass is 32.1. The Kier molecular flexibility index (Phi) is 4.47. The molecule has 1 fully saturated rings. The van der Waals surface area contributed by atoms with Gasteiger partial charge in [-0.1, -0.05) is 13.8 Å². The van der Waals surface area contributed by atoms with Crippen LogP contribution in [0.4, 0.5) is 0 Å². The minimum absolute atomic E-state index is 0.0604. The van der Waals surface area contributed by atoms with Crippen molar-refractivity contribution in [2.45, 2.75) is 59.8 Å². The molecular formula is C18H27N3O2S. The van der Waals surface area contributed by atoms with Gasteiger partial charge in [0.2, 0.25) is 0 Å². The molecule has 0 N–H and O–H groups in total. The molecule has 0 saturated carbocycles. The third-order valence-electron chi connectivity index (χ3n) is 4.21. The van der Waals surface area contributed by atoms with Gasteiger partial charge in [0.15, 0.2) is 0 Å². The quantitative estimate of drug-likeness (QED) is 0.849. The molecule has 3 heterocycles. The summed E-state index contributed by atoms with van der Waals surface area (Å²) in [6, 6.07) is 2.01. The Hall–Kier alpha value is -1.40. The van der Waals surface area contributed by atoms with Crippen LogP contribution in [0.1, 0.15) is 50.0 Å². The Bertz CT molecular complexity index is 760. The van der Waals surface area contributed by atoms with Gasteiger partial charge in [0.25, 0.3) is 5.91 Å². The van der Waals surface area contributed by atoms with E-state index in [-0.39, 0.29) is 17.6 Å². The molecule has 2 aromatic rings. The molecule has 0 spiro atoms. The maximum absolute atomic E-state index is 13.0. The van der Waals surface area contributed by atoms with E-state index in [0.29, 0.717) is 19.0 Å². The standard InChI is InChI=1S/C18H27N3O2S/c1-11(2)8-21-17-14(13(4)19-21)7-15(24-17)16(22)20-9-12(3)23-18(5,6)10-20/h7,11-12H,8-10H2,1-6H3. The number of hydrogen-bond donors (Lipinski definition) is 0. The number of rotatable bonds is 3. The highest BCUT2D eigenvalue weighted by Crippen LogP contribution is 2.31. The van der Waals surface area contributed by atoms with Gasteiger partial charge in [0.1, 0.15) is 4.83 Å². The first-order valence-electron chi connectivity index (χ1n) is 8.60. The summed E-state index contributed by atoms with van der Waals surface area (Å²) in [4.78, 5) is 16.8. The van der Waals surface area contributed by atoms with Crippen molar-refractivity contribution in [3.05, 3.63) is 16.6 Å². The maximum atomic E-state index is 13.0. The molecule has 1 amide bonds. The lowest BCUT2D eigenvalue weighted by Crippen LogP contribution is -2.53. The van der Waals surface area contributed by atoms with Crippen LogP contribution in [-0.4, -0.2) is 45.4 Å². The summed E-state index contributed by atoms with van der Waals surface area (Å²) in [6.45, 7) is 14.6. The molecule has 0 bridgehead atoms. The molecule has 0 radical (unpaired) electrons. The Morgan fingerprint density at radius 3 is 2.83 bits per heavy atom. The van der Waals surface area contributed by atoms with E-state index in [1.54, 1.807) is 11.3 Å². The number of hydrogen-bond acceptors (Lipinski definition) is 4. The third-order valence-corrected chi connectivity index (χ3v) is 5.35. The Labute approximate surface area is 147 Å². The summed E-state index contributed by atoms with van der Waals surface area (Å²) in [5.74, 6) is 0.629. The van der Waals surface area contributed by atoms with Gasteiger partial charge in [-0.05, 0) is 39.7 Å². The SMILES string of the molecule is Cc1nn(CC(C)C)c2sc(C(=O)N3CC(C)OC(C)(C)C3)cc12. The molecule has 0 aliphatic carbocycles. The van der Waals surface area contributed by atoms with Gasteiger partial charge in [-0.2, -0.15) is 5.10 Å². The highest BCUT2D eigenvalue weighted by molar-refractivity contribution is 7.20. The van der Waals surface area contributed by atoms with Crippen LogP contribution in [0.2, 0.25) is 0 Å². The van der Waals surface area contributed by atoms with Crippen LogP contribution in [0.3, 0.4) is 0 Å². The molecule has 132 valence electrons. The van der Waals surface area contributed by atoms with E-state index in [1.807, 2.05) is 43.3 Å². The first kappa shape index (κ1) is 17.4. The summed E-state index contributed by atoms with van der Waals surface area (Å²) in [5, 5.41) is 5.72. The average Bonchev–Trinajstić information content (AvgIpc) is 2.97. The molecule has 3 rings (SSSR count). The Morgan fingerprint density at radius 2 is 2.21 bits per heavy atom. The molecule has 1 aliphatic rings. The Balaban J connectivity index is 1.90. The summed E-state index contributed by atoms with van der Waals surface area (Å²) in [7, 11) is 0. The lowest BCUT2D eigenvalue weighted by Gasteiger charge is -2.41. The number of morpholine rings is 1. The predicted molar refractivity (Wildman–Crippen MR) is 97.7 cm³/mol. The first-order chi connectivity index (χ1) is 11.2. The molecule has 0 aromatic carbocycles. The molecule has 6 heteroatoms. The van der Waals surface area contributed by atoms with E-state index in [4.69, 9.17) is 4.74 Å².